The Morgan fingerprint density at radius 3 is 1.79 bits per heavy atom. The van der Waals surface area contributed by atoms with Gasteiger partial charge in [0.25, 0.3) is 0 Å². The predicted octanol–water partition coefficient (Wildman–Crippen LogP) is 18.4. The van der Waals surface area contributed by atoms with Gasteiger partial charge in [-0.25, -0.2) is 4.98 Å². The van der Waals surface area contributed by atoms with Crippen molar-refractivity contribution in [2.75, 3.05) is 9.80 Å². The standard InChI is InChI=1S/C67H69N4O.Pt/c1-42(2)55-24-20-25-56(43(3)4)64(55)46-33-51(69-41-70(62-32-45(6)44(5)31-61(62)69)52-36-49(65(7,8)9)35-50(37-52)66(10,11)12)39-54(34-46)72-53-27-28-58-57-23-18-19-26-59(57)71(60(58)40-53)63-38-48(29-30-68-63)67(13,14)47-21-16-15-17-22-47;/h15-38,41-43H,1-14H3;/q-3;. The number of anilines is 4. The minimum atomic E-state index is -0.244. The van der Waals surface area contributed by atoms with Crippen LogP contribution in [0.1, 0.15) is 139 Å². The third-order valence-corrected chi connectivity index (χ3v) is 15.0. The van der Waals surface area contributed by atoms with Gasteiger partial charge in [0.2, 0.25) is 0 Å². The Morgan fingerprint density at radius 2 is 1.16 bits per heavy atom. The van der Waals surface area contributed by atoms with E-state index in [-0.39, 0.29) is 37.3 Å². The number of pyridine rings is 1. The summed E-state index contributed by atoms with van der Waals surface area (Å²) in [6.07, 6.45) is 1.93. The number of aromatic nitrogens is 2. The van der Waals surface area contributed by atoms with Crippen molar-refractivity contribution in [3.63, 3.8) is 0 Å². The summed E-state index contributed by atoms with van der Waals surface area (Å²) in [5.41, 5.74) is 18.4. The first kappa shape index (κ1) is 51.5. The number of nitrogens with zero attached hydrogens (tertiary/aromatic N) is 4. The van der Waals surface area contributed by atoms with E-state index < -0.39 is 0 Å². The van der Waals surface area contributed by atoms with Crippen LogP contribution in [0.2, 0.25) is 0 Å². The minimum Gasteiger partial charge on any atom is -0.509 e. The Kier molecular flexibility index (Phi) is 13.7. The van der Waals surface area contributed by atoms with Crippen molar-refractivity contribution in [3.8, 4) is 28.4 Å². The quantitative estimate of drug-likeness (QED) is 0.128. The molecule has 7 aromatic carbocycles. The predicted molar refractivity (Wildman–Crippen MR) is 303 cm³/mol. The third kappa shape index (κ3) is 9.67. The maximum atomic E-state index is 7.12. The molecule has 0 spiro atoms. The number of para-hydroxylation sites is 1. The first-order chi connectivity index (χ1) is 34.2. The topological polar surface area (TPSA) is 33.5 Å². The molecule has 73 heavy (non-hydrogen) atoms. The zero-order valence-corrected chi connectivity index (χ0v) is 47.4. The molecule has 3 heterocycles. The molecule has 0 fully saturated rings. The molecule has 0 aliphatic carbocycles. The molecular weight excluding hydrogens is 1070 g/mol. The van der Waals surface area contributed by atoms with Gasteiger partial charge in [-0.2, -0.15) is 6.07 Å². The second-order valence-electron chi connectivity index (χ2n) is 23.2. The van der Waals surface area contributed by atoms with E-state index in [1.54, 1.807) is 0 Å². The molecule has 1 aliphatic rings. The van der Waals surface area contributed by atoms with Gasteiger partial charge in [0.1, 0.15) is 5.82 Å². The number of benzene rings is 7. The van der Waals surface area contributed by atoms with Crippen molar-refractivity contribution in [1.29, 1.82) is 0 Å². The van der Waals surface area contributed by atoms with Gasteiger partial charge in [0, 0.05) is 66.8 Å². The molecule has 0 radical (unpaired) electrons. The zero-order chi connectivity index (χ0) is 51.0. The second-order valence-corrected chi connectivity index (χ2v) is 23.2. The molecule has 376 valence electrons. The minimum absolute atomic E-state index is 0. The van der Waals surface area contributed by atoms with E-state index in [9.17, 15) is 0 Å². The number of hydrogen-bond acceptors (Lipinski definition) is 4. The average Bonchev–Trinajstić information content (AvgIpc) is 3.88. The summed E-state index contributed by atoms with van der Waals surface area (Å²) in [5.74, 6) is 2.64. The van der Waals surface area contributed by atoms with E-state index >= 15 is 0 Å². The summed E-state index contributed by atoms with van der Waals surface area (Å²) in [5, 5.41) is 2.21. The van der Waals surface area contributed by atoms with Gasteiger partial charge in [-0.3, -0.25) is 0 Å². The summed E-state index contributed by atoms with van der Waals surface area (Å²) in [6, 6.07) is 58.5. The molecule has 0 N–H and O–H groups in total. The molecule has 0 saturated heterocycles. The van der Waals surface area contributed by atoms with E-state index in [2.05, 4.69) is 264 Å². The first-order valence-corrected chi connectivity index (χ1v) is 25.7. The van der Waals surface area contributed by atoms with Gasteiger partial charge in [0.15, 0.2) is 0 Å². The fourth-order valence-electron chi connectivity index (χ4n) is 10.4. The van der Waals surface area contributed by atoms with Crippen LogP contribution in [0.15, 0.2) is 146 Å². The van der Waals surface area contributed by atoms with Crippen molar-refractivity contribution in [1.82, 2.24) is 9.55 Å². The van der Waals surface area contributed by atoms with Crippen LogP contribution < -0.4 is 14.5 Å². The van der Waals surface area contributed by atoms with Gasteiger partial charge in [-0.1, -0.05) is 161 Å². The molecule has 0 amide bonds. The Morgan fingerprint density at radius 1 is 0.548 bits per heavy atom. The van der Waals surface area contributed by atoms with Crippen molar-refractivity contribution < 1.29 is 25.8 Å². The largest absolute Gasteiger partial charge is 0.509 e. The van der Waals surface area contributed by atoms with Crippen LogP contribution in [0.3, 0.4) is 0 Å². The monoisotopic (exact) mass is 1140 g/mol. The van der Waals surface area contributed by atoms with Crippen LogP contribution in [-0.4, -0.2) is 9.55 Å². The van der Waals surface area contributed by atoms with Gasteiger partial charge < -0.3 is 19.1 Å². The van der Waals surface area contributed by atoms with Crippen molar-refractivity contribution in [3.05, 3.63) is 209 Å². The summed E-state index contributed by atoms with van der Waals surface area (Å²) in [7, 11) is 0. The number of rotatable bonds is 10. The van der Waals surface area contributed by atoms with E-state index in [0.29, 0.717) is 23.3 Å². The summed E-state index contributed by atoms with van der Waals surface area (Å²) < 4.78 is 9.35. The first-order valence-electron chi connectivity index (χ1n) is 25.7. The maximum absolute atomic E-state index is 7.12. The molecule has 0 unspecified atom stereocenters. The summed E-state index contributed by atoms with van der Waals surface area (Å²) in [4.78, 5) is 9.71. The van der Waals surface area contributed by atoms with Crippen LogP contribution >= 0.6 is 0 Å². The van der Waals surface area contributed by atoms with Crippen molar-refractivity contribution in [2.24, 2.45) is 0 Å². The fourth-order valence-corrected chi connectivity index (χ4v) is 10.4. The number of aryl methyl sites for hydroxylation is 2. The van der Waals surface area contributed by atoms with Gasteiger partial charge in [0.05, 0.1) is 0 Å². The van der Waals surface area contributed by atoms with Gasteiger partial charge >= 0.3 is 0 Å². The molecule has 9 aromatic rings. The SMILES string of the molecule is Cc1cc2c(cc1C)N(c1cc(C(C)(C)C)cc(C(C)(C)C)c1)[CH-]N2c1[c-]c(Oc2[c-]c3c(cc2)c2ccccc2n3-c2cc(C(C)(C)c3ccccc3)ccn2)cc(-c2c(C(C)C)cccc2C(C)C)c1.[Pt]. The van der Waals surface area contributed by atoms with Crippen LogP contribution in [0.4, 0.5) is 22.7 Å². The van der Waals surface area contributed by atoms with Crippen molar-refractivity contribution in [2.45, 2.75) is 125 Å². The molecule has 1 aliphatic heterocycles. The van der Waals surface area contributed by atoms with Gasteiger partial charge in [-0.05, 0) is 134 Å². The smallest absolute Gasteiger partial charge is 0.135 e. The van der Waals surface area contributed by atoms with Crippen LogP contribution in [0, 0.1) is 32.6 Å². The van der Waals surface area contributed by atoms with Crippen LogP contribution in [0.5, 0.6) is 11.5 Å². The second kappa shape index (κ2) is 19.5. The molecule has 0 saturated carbocycles. The molecule has 0 atom stereocenters. The normalized spacial score (nSPS) is 13.1. The molecule has 10 rings (SSSR count). The summed E-state index contributed by atoms with van der Waals surface area (Å²) >= 11 is 0. The third-order valence-electron chi connectivity index (χ3n) is 15.0. The number of fused-ring (bicyclic) bond motifs is 4. The zero-order valence-electron chi connectivity index (χ0n) is 45.1. The number of ether oxygens (including phenoxy) is 1. The van der Waals surface area contributed by atoms with Gasteiger partial charge in [-0.15, -0.1) is 53.6 Å². The molecule has 2 aromatic heterocycles. The van der Waals surface area contributed by atoms with E-state index in [0.717, 1.165) is 55.9 Å². The Hall–Kier alpha value is -6.42. The number of hydrogen-bond donors (Lipinski definition) is 0. The van der Waals surface area contributed by atoms with E-state index in [1.165, 1.54) is 50.1 Å². The van der Waals surface area contributed by atoms with Crippen LogP contribution in [-0.2, 0) is 37.3 Å². The van der Waals surface area contributed by atoms with Crippen molar-refractivity contribution >= 4 is 44.6 Å². The van der Waals surface area contributed by atoms with E-state index in [4.69, 9.17) is 9.72 Å². The Labute approximate surface area is 449 Å². The molecule has 6 heteroatoms. The summed E-state index contributed by atoms with van der Waals surface area (Å²) in [6.45, 7) is 34.2. The van der Waals surface area contributed by atoms with E-state index in [1.807, 2.05) is 12.3 Å². The maximum Gasteiger partial charge on any atom is 0.135 e. The average molecular weight is 1140 g/mol. The molecule has 5 nitrogen and oxygen atoms in total. The molecular formula is C67H69N4OPt-3. The fraction of sp³-hybridized carbons (Fsp3) is 0.284. The Bertz CT molecular complexity index is 3450. The Balaban J connectivity index is 0.00000656. The van der Waals surface area contributed by atoms with Crippen LogP contribution in [0.25, 0.3) is 38.8 Å². The molecule has 0 bridgehead atoms.